The van der Waals surface area contributed by atoms with Crippen LogP contribution in [-0.4, -0.2) is 24.6 Å². The van der Waals surface area contributed by atoms with Crippen molar-refractivity contribution in [1.82, 2.24) is 10.7 Å². The summed E-state index contributed by atoms with van der Waals surface area (Å²) in [5, 5.41) is 6.27. The highest BCUT2D eigenvalue weighted by Gasteiger charge is 2.06. The molecule has 0 aliphatic carbocycles. The van der Waals surface area contributed by atoms with Gasteiger partial charge in [0, 0.05) is 11.0 Å². The molecule has 0 saturated heterocycles. The number of amides is 2. The molecule has 1 rings (SSSR count). The molecule has 100 valence electrons. The van der Waals surface area contributed by atoms with Crippen molar-refractivity contribution < 1.29 is 9.59 Å². The fourth-order valence-corrected chi connectivity index (χ4v) is 1.62. The number of hydrazone groups is 1. The van der Waals surface area contributed by atoms with Crippen molar-refractivity contribution in [2.75, 3.05) is 6.54 Å². The third-order valence-electron chi connectivity index (χ3n) is 2.02. The van der Waals surface area contributed by atoms with Gasteiger partial charge in [0.25, 0.3) is 0 Å². The lowest BCUT2D eigenvalue weighted by molar-refractivity contribution is -0.129. The standard InChI is InChI=1S/C13H14BrN3O2/c1-2-6-15-12(18)8-13(19)17-16-9-10-4-3-5-11(14)7-10/h2-5,7,9H,1,6,8H2,(H,15,18)(H,17,19). The van der Waals surface area contributed by atoms with Crippen molar-refractivity contribution in [3.05, 3.63) is 47.0 Å². The fraction of sp³-hybridized carbons (Fsp3) is 0.154. The van der Waals surface area contributed by atoms with Gasteiger partial charge in [0.1, 0.15) is 6.42 Å². The zero-order valence-corrected chi connectivity index (χ0v) is 11.8. The molecule has 0 spiro atoms. The molecule has 0 unspecified atom stereocenters. The number of rotatable bonds is 6. The number of benzene rings is 1. The van der Waals surface area contributed by atoms with Gasteiger partial charge in [0.05, 0.1) is 6.21 Å². The minimum absolute atomic E-state index is 0.260. The Bertz CT molecular complexity index is 500. The number of carbonyl (C=O) groups excluding carboxylic acids is 2. The second-order valence-corrected chi connectivity index (χ2v) is 4.53. The van der Waals surface area contributed by atoms with Gasteiger partial charge in [-0.05, 0) is 17.7 Å². The van der Waals surface area contributed by atoms with Crippen LogP contribution in [0.2, 0.25) is 0 Å². The van der Waals surface area contributed by atoms with E-state index in [1.807, 2.05) is 24.3 Å². The zero-order chi connectivity index (χ0) is 14.1. The van der Waals surface area contributed by atoms with Gasteiger partial charge in [-0.25, -0.2) is 5.43 Å². The Morgan fingerprint density at radius 1 is 1.37 bits per heavy atom. The van der Waals surface area contributed by atoms with Gasteiger partial charge in [-0.2, -0.15) is 5.10 Å². The van der Waals surface area contributed by atoms with E-state index in [2.05, 4.69) is 38.4 Å². The Labute approximate surface area is 119 Å². The predicted molar refractivity (Wildman–Crippen MR) is 77.7 cm³/mol. The largest absolute Gasteiger partial charge is 0.352 e. The summed E-state index contributed by atoms with van der Waals surface area (Å²) in [6, 6.07) is 7.44. The Morgan fingerprint density at radius 2 is 2.16 bits per heavy atom. The molecule has 0 aromatic heterocycles. The normalized spacial score (nSPS) is 10.2. The predicted octanol–water partition coefficient (Wildman–Crippen LogP) is 1.59. The Kier molecular flexibility index (Phi) is 6.52. The van der Waals surface area contributed by atoms with E-state index in [0.717, 1.165) is 10.0 Å². The van der Waals surface area contributed by atoms with Crippen molar-refractivity contribution in [2.45, 2.75) is 6.42 Å². The molecule has 0 fully saturated rings. The summed E-state index contributed by atoms with van der Waals surface area (Å²) in [5.74, 6) is -0.831. The summed E-state index contributed by atoms with van der Waals surface area (Å²) in [7, 11) is 0. The van der Waals surface area contributed by atoms with Crippen LogP contribution in [0.3, 0.4) is 0 Å². The molecule has 19 heavy (non-hydrogen) atoms. The Balaban J connectivity index is 2.37. The van der Waals surface area contributed by atoms with Crippen LogP contribution in [0.25, 0.3) is 0 Å². The van der Waals surface area contributed by atoms with E-state index in [1.165, 1.54) is 6.21 Å². The first-order valence-electron chi connectivity index (χ1n) is 5.57. The van der Waals surface area contributed by atoms with Crippen LogP contribution in [0.4, 0.5) is 0 Å². The maximum Gasteiger partial charge on any atom is 0.249 e. The van der Waals surface area contributed by atoms with E-state index in [0.29, 0.717) is 6.54 Å². The molecular formula is C13H14BrN3O2. The molecule has 5 nitrogen and oxygen atoms in total. The first-order valence-corrected chi connectivity index (χ1v) is 6.36. The van der Waals surface area contributed by atoms with Crippen LogP contribution >= 0.6 is 15.9 Å². The number of halogens is 1. The fourth-order valence-electron chi connectivity index (χ4n) is 1.20. The number of carbonyl (C=O) groups is 2. The van der Waals surface area contributed by atoms with Crippen molar-refractivity contribution in [3.8, 4) is 0 Å². The lowest BCUT2D eigenvalue weighted by Gasteiger charge is -2.01. The van der Waals surface area contributed by atoms with Crippen LogP contribution in [0.15, 0.2) is 46.5 Å². The molecule has 0 radical (unpaired) electrons. The first kappa shape index (κ1) is 15.1. The van der Waals surface area contributed by atoms with Gasteiger partial charge in [-0.1, -0.05) is 34.1 Å². The SMILES string of the molecule is C=CCNC(=O)CC(=O)NN=Cc1cccc(Br)c1. The molecule has 0 atom stereocenters. The number of hydrogen-bond acceptors (Lipinski definition) is 3. The average molecular weight is 324 g/mol. The third kappa shape index (κ3) is 6.52. The van der Waals surface area contributed by atoms with Crippen molar-refractivity contribution in [1.29, 1.82) is 0 Å². The highest BCUT2D eigenvalue weighted by atomic mass is 79.9. The van der Waals surface area contributed by atoms with E-state index < -0.39 is 5.91 Å². The highest BCUT2D eigenvalue weighted by Crippen LogP contribution is 2.09. The summed E-state index contributed by atoms with van der Waals surface area (Å²) in [6.45, 7) is 3.80. The molecule has 2 amide bonds. The number of nitrogens with zero attached hydrogens (tertiary/aromatic N) is 1. The zero-order valence-electron chi connectivity index (χ0n) is 10.2. The monoisotopic (exact) mass is 323 g/mol. The van der Waals surface area contributed by atoms with Crippen molar-refractivity contribution in [2.24, 2.45) is 5.10 Å². The van der Waals surface area contributed by atoms with E-state index in [1.54, 1.807) is 6.08 Å². The third-order valence-corrected chi connectivity index (χ3v) is 2.51. The molecule has 0 aliphatic heterocycles. The molecule has 6 heteroatoms. The van der Waals surface area contributed by atoms with Crippen LogP contribution in [0.1, 0.15) is 12.0 Å². The van der Waals surface area contributed by atoms with Gasteiger partial charge < -0.3 is 5.32 Å². The van der Waals surface area contributed by atoms with Gasteiger partial charge in [0.2, 0.25) is 11.8 Å². The van der Waals surface area contributed by atoms with Crippen LogP contribution in [-0.2, 0) is 9.59 Å². The minimum Gasteiger partial charge on any atom is -0.352 e. The lowest BCUT2D eigenvalue weighted by Crippen LogP contribution is -2.29. The second kappa shape index (κ2) is 8.20. The van der Waals surface area contributed by atoms with Crippen LogP contribution in [0.5, 0.6) is 0 Å². The summed E-state index contributed by atoms with van der Waals surface area (Å²) in [6.07, 6.45) is 2.79. The molecule has 1 aromatic rings. The molecule has 0 saturated carbocycles. The maximum absolute atomic E-state index is 11.4. The Morgan fingerprint density at radius 3 is 2.84 bits per heavy atom. The highest BCUT2D eigenvalue weighted by molar-refractivity contribution is 9.10. The average Bonchev–Trinajstić information content (AvgIpc) is 2.36. The quantitative estimate of drug-likeness (QED) is 0.361. The summed E-state index contributed by atoms with van der Waals surface area (Å²) >= 11 is 3.33. The van der Waals surface area contributed by atoms with E-state index >= 15 is 0 Å². The van der Waals surface area contributed by atoms with Crippen LogP contribution < -0.4 is 10.7 Å². The van der Waals surface area contributed by atoms with Gasteiger partial charge in [0.15, 0.2) is 0 Å². The summed E-state index contributed by atoms with van der Waals surface area (Å²) < 4.78 is 0.923. The first-order chi connectivity index (χ1) is 9.11. The molecular weight excluding hydrogens is 310 g/mol. The molecule has 0 bridgehead atoms. The van der Waals surface area contributed by atoms with Gasteiger partial charge in [-0.3, -0.25) is 9.59 Å². The second-order valence-electron chi connectivity index (χ2n) is 3.62. The van der Waals surface area contributed by atoms with Crippen molar-refractivity contribution in [3.63, 3.8) is 0 Å². The number of nitrogens with one attached hydrogen (secondary N) is 2. The number of hydrogen-bond donors (Lipinski definition) is 2. The minimum atomic E-state index is -0.465. The van der Waals surface area contributed by atoms with E-state index in [9.17, 15) is 9.59 Å². The maximum atomic E-state index is 11.4. The summed E-state index contributed by atoms with van der Waals surface area (Å²) in [5.41, 5.74) is 3.13. The lowest BCUT2D eigenvalue weighted by atomic mass is 10.2. The van der Waals surface area contributed by atoms with E-state index in [4.69, 9.17) is 0 Å². The van der Waals surface area contributed by atoms with E-state index in [-0.39, 0.29) is 12.3 Å². The van der Waals surface area contributed by atoms with Crippen molar-refractivity contribution >= 4 is 34.0 Å². The topological polar surface area (TPSA) is 70.6 Å². The molecule has 2 N–H and O–H groups in total. The smallest absolute Gasteiger partial charge is 0.249 e. The molecule has 1 aromatic carbocycles. The van der Waals surface area contributed by atoms with Gasteiger partial charge in [-0.15, -0.1) is 6.58 Å². The summed E-state index contributed by atoms with van der Waals surface area (Å²) in [4.78, 5) is 22.6. The van der Waals surface area contributed by atoms with Crippen LogP contribution in [0, 0.1) is 0 Å². The molecule has 0 aliphatic rings. The Hall–Kier alpha value is -1.95. The van der Waals surface area contributed by atoms with Gasteiger partial charge >= 0.3 is 0 Å². The molecule has 0 heterocycles.